The minimum atomic E-state index is -4.42. The van der Waals surface area contributed by atoms with Crippen LogP contribution in [-0.2, 0) is 20.4 Å². The van der Waals surface area contributed by atoms with E-state index in [1.54, 1.807) is 31.2 Å². The Labute approximate surface area is 164 Å². The van der Waals surface area contributed by atoms with Gasteiger partial charge in [0.05, 0.1) is 23.4 Å². The molecule has 2 aromatic rings. The molecule has 7 nitrogen and oxygen atoms in total. The van der Waals surface area contributed by atoms with E-state index in [1.807, 2.05) is 0 Å². The van der Waals surface area contributed by atoms with Crippen LogP contribution in [0.1, 0.15) is 18.1 Å². The molecule has 0 aromatic heterocycles. The molecule has 0 saturated heterocycles. The molecule has 0 radical (unpaired) electrons. The Kier molecular flexibility index (Phi) is 7.18. The fourth-order valence-electron chi connectivity index (χ4n) is 2.23. The van der Waals surface area contributed by atoms with Gasteiger partial charge in [-0.05, 0) is 43.3 Å². The third-order valence-corrected chi connectivity index (χ3v) is 3.54. The summed E-state index contributed by atoms with van der Waals surface area (Å²) in [5.74, 6) is -0.944. The summed E-state index contributed by atoms with van der Waals surface area (Å²) in [7, 11) is 0. The van der Waals surface area contributed by atoms with Gasteiger partial charge in [0.1, 0.15) is 6.54 Å². The molecule has 0 bridgehead atoms. The topological polar surface area (TPSA) is 110 Å². The molecular weight excluding hydrogens is 389 g/mol. The van der Waals surface area contributed by atoms with Crippen LogP contribution < -0.4 is 11.1 Å². The Balaban J connectivity index is 2.10. The molecular formula is C19H19F3N4O3. The lowest BCUT2D eigenvalue weighted by molar-refractivity contribution is -0.141. The molecule has 154 valence electrons. The maximum atomic E-state index is 12.7. The number of para-hydroxylation sites is 1. The summed E-state index contributed by atoms with van der Waals surface area (Å²) in [6.07, 6.45) is -4.42. The molecule has 0 amide bonds. The second-order valence-corrected chi connectivity index (χ2v) is 5.64. The molecule has 2 aromatic carbocycles. The van der Waals surface area contributed by atoms with Crippen LogP contribution in [0.2, 0.25) is 0 Å². The Morgan fingerprint density at radius 2 is 1.83 bits per heavy atom. The Morgan fingerprint density at radius 3 is 2.45 bits per heavy atom. The number of alkyl halides is 3. The first kappa shape index (κ1) is 21.7. The van der Waals surface area contributed by atoms with Gasteiger partial charge in [0.25, 0.3) is 6.02 Å². The summed E-state index contributed by atoms with van der Waals surface area (Å²) in [5.41, 5.74) is 5.90. The van der Waals surface area contributed by atoms with Crippen LogP contribution in [0.15, 0.2) is 53.5 Å². The van der Waals surface area contributed by atoms with Crippen LogP contribution in [0, 0.1) is 5.41 Å². The van der Waals surface area contributed by atoms with E-state index in [1.165, 1.54) is 12.1 Å². The highest BCUT2D eigenvalue weighted by Crippen LogP contribution is 2.30. The first-order valence-electron chi connectivity index (χ1n) is 8.46. The number of esters is 1. The first-order chi connectivity index (χ1) is 13.7. The largest absolute Gasteiger partial charge is 0.465 e. The lowest BCUT2D eigenvalue weighted by atomic mass is 10.1. The Morgan fingerprint density at radius 1 is 1.17 bits per heavy atom. The van der Waals surface area contributed by atoms with Crippen molar-refractivity contribution in [1.82, 2.24) is 0 Å². The fourth-order valence-corrected chi connectivity index (χ4v) is 2.23. The van der Waals surface area contributed by atoms with Crippen LogP contribution in [0.25, 0.3) is 0 Å². The number of rotatable bonds is 6. The van der Waals surface area contributed by atoms with E-state index >= 15 is 0 Å². The summed E-state index contributed by atoms with van der Waals surface area (Å²) >= 11 is 0. The van der Waals surface area contributed by atoms with Crippen LogP contribution in [0.5, 0.6) is 0 Å². The zero-order valence-corrected chi connectivity index (χ0v) is 15.4. The van der Waals surface area contributed by atoms with E-state index in [2.05, 4.69) is 10.3 Å². The van der Waals surface area contributed by atoms with Crippen molar-refractivity contribution in [2.45, 2.75) is 13.1 Å². The van der Waals surface area contributed by atoms with Gasteiger partial charge in [0.15, 0.2) is 0 Å². The second-order valence-electron chi connectivity index (χ2n) is 5.64. The molecule has 29 heavy (non-hydrogen) atoms. The molecule has 0 saturated carbocycles. The predicted molar refractivity (Wildman–Crippen MR) is 102 cm³/mol. The average molecular weight is 408 g/mol. The van der Waals surface area contributed by atoms with Crippen molar-refractivity contribution in [3.63, 3.8) is 0 Å². The lowest BCUT2D eigenvalue weighted by Crippen LogP contribution is -2.23. The molecule has 0 spiro atoms. The van der Waals surface area contributed by atoms with E-state index < -0.39 is 23.7 Å². The number of ether oxygens (including phenoxy) is 2. The van der Waals surface area contributed by atoms with Gasteiger partial charge in [-0.3, -0.25) is 10.2 Å². The van der Waals surface area contributed by atoms with Crippen molar-refractivity contribution in [2.75, 3.05) is 18.5 Å². The molecule has 4 N–H and O–H groups in total. The van der Waals surface area contributed by atoms with E-state index in [4.69, 9.17) is 20.6 Å². The van der Waals surface area contributed by atoms with Crippen LogP contribution >= 0.6 is 0 Å². The van der Waals surface area contributed by atoms with Crippen molar-refractivity contribution < 1.29 is 27.4 Å². The maximum Gasteiger partial charge on any atom is 0.416 e. The van der Waals surface area contributed by atoms with Gasteiger partial charge >= 0.3 is 12.1 Å². The second kappa shape index (κ2) is 9.58. The van der Waals surface area contributed by atoms with Crippen molar-refractivity contribution >= 4 is 29.3 Å². The number of nitrogens with one attached hydrogen (secondary N) is 2. The minimum Gasteiger partial charge on any atom is -0.465 e. The number of hydrogen-bond acceptors (Lipinski definition) is 6. The summed E-state index contributed by atoms with van der Waals surface area (Å²) in [4.78, 5) is 15.0. The predicted octanol–water partition coefficient (Wildman–Crippen LogP) is 3.67. The van der Waals surface area contributed by atoms with Crippen molar-refractivity contribution in [1.29, 1.82) is 5.41 Å². The highest BCUT2D eigenvalue weighted by atomic mass is 19.4. The van der Waals surface area contributed by atoms with Crippen LogP contribution in [-0.4, -0.2) is 31.0 Å². The average Bonchev–Trinajstić information content (AvgIpc) is 2.67. The van der Waals surface area contributed by atoms with Gasteiger partial charge in [-0.2, -0.15) is 13.2 Å². The van der Waals surface area contributed by atoms with E-state index in [0.29, 0.717) is 16.9 Å². The molecule has 10 heteroatoms. The molecule has 0 aliphatic rings. The zero-order chi connectivity index (χ0) is 21.4. The zero-order valence-electron chi connectivity index (χ0n) is 15.4. The number of nitrogens with two attached hydrogens (primary N) is 1. The fraction of sp³-hybridized carbons (Fsp3) is 0.211. The number of hydrogen-bond donors (Lipinski definition) is 3. The smallest absolute Gasteiger partial charge is 0.416 e. The lowest BCUT2D eigenvalue weighted by Gasteiger charge is -2.14. The minimum absolute atomic E-state index is 0.202. The van der Waals surface area contributed by atoms with E-state index in [0.717, 1.165) is 12.1 Å². The quantitative estimate of drug-likeness (QED) is 0.384. The van der Waals surface area contributed by atoms with Gasteiger partial charge in [-0.15, -0.1) is 0 Å². The summed E-state index contributed by atoms with van der Waals surface area (Å²) in [6.45, 7) is 1.50. The third kappa shape index (κ3) is 6.52. The monoisotopic (exact) mass is 408 g/mol. The summed E-state index contributed by atoms with van der Waals surface area (Å²) in [6, 6.07) is 10.6. The van der Waals surface area contributed by atoms with Gasteiger partial charge in [-0.25, -0.2) is 4.99 Å². The molecule has 0 heterocycles. The molecule has 0 atom stereocenters. The van der Waals surface area contributed by atoms with Crippen LogP contribution in [0.4, 0.5) is 24.5 Å². The van der Waals surface area contributed by atoms with E-state index in [-0.39, 0.29) is 19.0 Å². The number of nitrogens with zero attached hydrogens (tertiary/aromatic N) is 1. The van der Waals surface area contributed by atoms with Crippen molar-refractivity contribution in [2.24, 2.45) is 10.7 Å². The molecule has 0 aliphatic heterocycles. The Bertz CT molecular complexity index is 896. The van der Waals surface area contributed by atoms with Crippen molar-refractivity contribution in [3.8, 4) is 0 Å². The number of carbonyl (C=O) groups excluding carboxylic acids is 1. The SMILES string of the molecule is CCOC(=O)CN=C(N)OC(=N)c1ccccc1Nc1ccc(C(F)(F)F)cc1. The van der Waals surface area contributed by atoms with Gasteiger partial charge < -0.3 is 20.5 Å². The number of anilines is 2. The number of halogens is 3. The van der Waals surface area contributed by atoms with E-state index in [9.17, 15) is 18.0 Å². The number of amidine groups is 1. The normalized spacial score (nSPS) is 11.7. The molecule has 0 fully saturated rings. The van der Waals surface area contributed by atoms with Gasteiger partial charge in [0, 0.05) is 5.69 Å². The standard InChI is InChI=1S/C19H19F3N4O3/c1-2-28-16(27)11-25-18(24)29-17(23)14-5-3-4-6-15(14)26-13-9-7-12(8-10-13)19(20,21)22/h3-10,23,26H,2,11H2,1H3,(H2,24,25). The van der Waals surface area contributed by atoms with Crippen LogP contribution in [0.3, 0.4) is 0 Å². The Hall–Kier alpha value is -3.56. The summed E-state index contributed by atoms with van der Waals surface area (Å²) < 4.78 is 47.9. The van der Waals surface area contributed by atoms with Gasteiger partial charge in [0.2, 0.25) is 5.90 Å². The maximum absolute atomic E-state index is 12.7. The highest BCUT2D eigenvalue weighted by molar-refractivity contribution is 6.03. The number of aliphatic imine (C=N–C) groups is 1. The number of benzene rings is 2. The highest BCUT2D eigenvalue weighted by Gasteiger charge is 2.29. The van der Waals surface area contributed by atoms with Gasteiger partial charge in [-0.1, -0.05) is 12.1 Å². The molecule has 0 aliphatic carbocycles. The molecule has 2 rings (SSSR count). The molecule has 0 unspecified atom stereocenters. The summed E-state index contributed by atoms with van der Waals surface area (Å²) in [5, 5.41) is 11.0. The van der Waals surface area contributed by atoms with Crippen molar-refractivity contribution in [3.05, 3.63) is 59.7 Å². The number of carbonyl (C=O) groups is 1. The third-order valence-electron chi connectivity index (χ3n) is 3.54. The first-order valence-corrected chi connectivity index (χ1v) is 8.46.